The molecule has 10 heteroatoms. The van der Waals surface area contributed by atoms with Crippen molar-refractivity contribution in [2.45, 2.75) is 37.9 Å². The van der Waals surface area contributed by atoms with Crippen LogP contribution in [0.2, 0.25) is 0 Å². The molecule has 0 bridgehead atoms. The third-order valence-corrected chi connectivity index (χ3v) is 7.75. The summed E-state index contributed by atoms with van der Waals surface area (Å²) in [6.45, 7) is 4.19. The van der Waals surface area contributed by atoms with E-state index in [1.165, 1.54) is 22.8 Å². The molecule has 1 aromatic heterocycles. The zero-order chi connectivity index (χ0) is 24.0. The van der Waals surface area contributed by atoms with E-state index in [1.807, 2.05) is 19.2 Å². The summed E-state index contributed by atoms with van der Waals surface area (Å²) < 4.78 is 37.6. The predicted molar refractivity (Wildman–Crippen MR) is 127 cm³/mol. The largest absolute Gasteiger partial charge is 0.493 e. The lowest BCUT2D eigenvalue weighted by Gasteiger charge is -2.21. The summed E-state index contributed by atoms with van der Waals surface area (Å²) in [5.41, 5.74) is 3.76. The van der Waals surface area contributed by atoms with Crippen LogP contribution >= 0.6 is 11.3 Å². The van der Waals surface area contributed by atoms with Gasteiger partial charge in [-0.2, -0.15) is 4.31 Å². The molecular weight excluding hydrogens is 462 g/mol. The number of hydrogen-bond donors (Lipinski definition) is 1. The van der Waals surface area contributed by atoms with Crippen LogP contribution in [-0.2, 0) is 23.2 Å². The maximum Gasteiger partial charge on any atom is 0.251 e. The second kappa shape index (κ2) is 10.8. The number of carbonyl (C=O) groups is 1. The Hall–Kier alpha value is -2.95. The zero-order valence-electron chi connectivity index (χ0n) is 18.9. The molecule has 0 saturated carbocycles. The molecule has 3 rings (SSSR count). The highest BCUT2D eigenvalue weighted by Gasteiger charge is 2.22. The minimum absolute atomic E-state index is 0.143. The van der Waals surface area contributed by atoms with Gasteiger partial charge in [-0.3, -0.25) is 4.79 Å². The first-order valence-electron chi connectivity index (χ1n) is 10.3. The van der Waals surface area contributed by atoms with Gasteiger partial charge in [0.15, 0.2) is 11.5 Å². The third kappa shape index (κ3) is 6.10. The number of nitrogens with one attached hydrogen (secondary N) is 1. The lowest BCUT2D eigenvalue weighted by molar-refractivity contribution is 0.0950. The standard InChI is InChI=1S/C23H27N3O5S2/c1-16(2)26(3)33(28,29)20-8-5-17(6-9-20)12-24-23(27)18-7-10-21(22(11-18)30-4)31-13-19-14-32-15-25-19/h5-11,14-16H,12-13H2,1-4H3,(H,24,27). The molecule has 0 saturated heterocycles. The number of carbonyl (C=O) groups excluding carboxylic acids is 1. The number of amides is 1. The summed E-state index contributed by atoms with van der Waals surface area (Å²) >= 11 is 1.49. The van der Waals surface area contributed by atoms with E-state index in [2.05, 4.69) is 10.3 Å². The fraction of sp³-hybridized carbons (Fsp3) is 0.304. The van der Waals surface area contributed by atoms with Crippen molar-refractivity contribution in [1.29, 1.82) is 0 Å². The van der Waals surface area contributed by atoms with Crippen molar-refractivity contribution in [3.8, 4) is 11.5 Å². The third-order valence-electron chi connectivity index (χ3n) is 5.07. The number of thiazole rings is 1. The van der Waals surface area contributed by atoms with Crippen LogP contribution in [0.15, 0.2) is 58.3 Å². The first-order valence-corrected chi connectivity index (χ1v) is 12.6. The maximum atomic E-state index is 12.6. The monoisotopic (exact) mass is 489 g/mol. The quantitative estimate of drug-likeness (QED) is 0.466. The van der Waals surface area contributed by atoms with E-state index >= 15 is 0 Å². The van der Waals surface area contributed by atoms with E-state index in [-0.39, 0.29) is 23.4 Å². The van der Waals surface area contributed by atoms with Gasteiger partial charge in [-0.25, -0.2) is 13.4 Å². The van der Waals surface area contributed by atoms with Gasteiger partial charge in [-0.1, -0.05) is 12.1 Å². The summed E-state index contributed by atoms with van der Waals surface area (Å²) in [4.78, 5) is 17.0. The van der Waals surface area contributed by atoms with Crippen LogP contribution < -0.4 is 14.8 Å². The van der Waals surface area contributed by atoms with Gasteiger partial charge >= 0.3 is 0 Å². The van der Waals surface area contributed by atoms with Gasteiger partial charge in [-0.05, 0) is 49.7 Å². The van der Waals surface area contributed by atoms with Gasteiger partial charge < -0.3 is 14.8 Å². The SMILES string of the molecule is COc1cc(C(=O)NCc2ccc(S(=O)(=O)N(C)C(C)C)cc2)ccc1OCc1cscn1. The summed E-state index contributed by atoms with van der Waals surface area (Å²) in [5.74, 6) is 0.683. The van der Waals surface area contributed by atoms with E-state index in [9.17, 15) is 13.2 Å². The summed E-state index contributed by atoms with van der Waals surface area (Å²) in [5, 5.41) is 4.74. The Morgan fingerprint density at radius 2 is 1.88 bits per heavy atom. The summed E-state index contributed by atoms with van der Waals surface area (Å²) in [6.07, 6.45) is 0. The normalized spacial score (nSPS) is 11.6. The van der Waals surface area contributed by atoms with E-state index in [0.29, 0.717) is 23.7 Å². The van der Waals surface area contributed by atoms with Gasteiger partial charge in [0, 0.05) is 30.6 Å². The number of ether oxygens (including phenoxy) is 2. The van der Waals surface area contributed by atoms with E-state index in [4.69, 9.17) is 9.47 Å². The Balaban J connectivity index is 1.62. The molecule has 0 unspecified atom stereocenters. The fourth-order valence-corrected chi connectivity index (χ4v) is 4.81. The second-order valence-corrected chi connectivity index (χ2v) is 10.3. The van der Waals surface area contributed by atoms with Gasteiger partial charge in [0.1, 0.15) is 6.61 Å². The predicted octanol–water partition coefficient (Wildman–Crippen LogP) is 3.69. The summed E-state index contributed by atoms with van der Waals surface area (Å²) in [6, 6.07) is 11.3. The Morgan fingerprint density at radius 1 is 1.15 bits per heavy atom. The summed E-state index contributed by atoms with van der Waals surface area (Å²) in [7, 11) is -0.477. The molecule has 0 spiro atoms. The van der Waals surface area contributed by atoms with Gasteiger partial charge in [0.25, 0.3) is 5.91 Å². The van der Waals surface area contributed by atoms with Crippen LogP contribution in [0.3, 0.4) is 0 Å². The van der Waals surface area contributed by atoms with Crippen LogP contribution in [-0.4, -0.2) is 43.8 Å². The lowest BCUT2D eigenvalue weighted by atomic mass is 10.1. The number of sulfonamides is 1. The topological polar surface area (TPSA) is 97.8 Å². The van der Waals surface area contributed by atoms with E-state index in [1.54, 1.807) is 55.0 Å². The van der Waals surface area contributed by atoms with Crippen molar-refractivity contribution in [1.82, 2.24) is 14.6 Å². The van der Waals surface area contributed by atoms with Crippen molar-refractivity contribution >= 4 is 27.3 Å². The van der Waals surface area contributed by atoms with E-state index < -0.39 is 10.0 Å². The molecule has 0 aliphatic carbocycles. The molecule has 33 heavy (non-hydrogen) atoms. The number of benzene rings is 2. The lowest BCUT2D eigenvalue weighted by Crippen LogP contribution is -2.33. The van der Waals surface area contributed by atoms with Crippen molar-refractivity contribution < 1.29 is 22.7 Å². The molecule has 0 atom stereocenters. The molecule has 0 radical (unpaired) electrons. The van der Waals surface area contributed by atoms with Crippen LogP contribution in [0, 0.1) is 0 Å². The minimum Gasteiger partial charge on any atom is -0.493 e. The van der Waals surface area contributed by atoms with Crippen LogP contribution in [0.1, 0.15) is 35.5 Å². The first-order chi connectivity index (χ1) is 15.7. The molecular formula is C23H27N3O5S2. The average molecular weight is 490 g/mol. The Kier molecular flexibility index (Phi) is 8.06. The Morgan fingerprint density at radius 3 is 2.48 bits per heavy atom. The zero-order valence-corrected chi connectivity index (χ0v) is 20.6. The Labute approximate surface area is 198 Å². The van der Waals surface area contributed by atoms with Gasteiger partial charge in [0.05, 0.1) is 23.2 Å². The highest BCUT2D eigenvalue weighted by Crippen LogP contribution is 2.29. The second-order valence-electron chi connectivity index (χ2n) is 7.58. The molecule has 0 aliphatic rings. The highest BCUT2D eigenvalue weighted by molar-refractivity contribution is 7.89. The fourth-order valence-electron chi connectivity index (χ4n) is 2.90. The van der Waals surface area contributed by atoms with E-state index in [0.717, 1.165) is 11.3 Å². The molecule has 0 fully saturated rings. The number of rotatable bonds is 10. The molecule has 3 aromatic rings. The highest BCUT2D eigenvalue weighted by atomic mass is 32.2. The number of hydrogen-bond acceptors (Lipinski definition) is 7. The first kappa shape index (κ1) is 24.7. The average Bonchev–Trinajstić information content (AvgIpc) is 3.34. The molecule has 0 aliphatic heterocycles. The smallest absolute Gasteiger partial charge is 0.251 e. The molecule has 1 amide bonds. The van der Waals surface area contributed by atoms with Gasteiger partial charge in [0.2, 0.25) is 10.0 Å². The number of aromatic nitrogens is 1. The maximum absolute atomic E-state index is 12.6. The molecule has 8 nitrogen and oxygen atoms in total. The molecule has 176 valence electrons. The van der Waals surface area contributed by atoms with Crippen LogP contribution in [0.4, 0.5) is 0 Å². The number of methoxy groups -OCH3 is 1. The minimum atomic E-state index is -3.54. The van der Waals surface area contributed by atoms with Crippen LogP contribution in [0.25, 0.3) is 0 Å². The number of nitrogens with zero attached hydrogens (tertiary/aromatic N) is 2. The van der Waals surface area contributed by atoms with Gasteiger partial charge in [-0.15, -0.1) is 11.3 Å². The van der Waals surface area contributed by atoms with Crippen LogP contribution in [0.5, 0.6) is 11.5 Å². The van der Waals surface area contributed by atoms with Crippen molar-refractivity contribution in [3.05, 3.63) is 70.2 Å². The van der Waals surface area contributed by atoms with Crippen molar-refractivity contribution in [2.24, 2.45) is 0 Å². The van der Waals surface area contributed by atoms with Crippen molar-refractivity contribution in [2.75, 3.05) is 14.2 Å². The Bertz CT molecular complexity index is 1180. The molecule has 2 aromatic carbocycles. The molecule has 1 heterocycles. The molecule has 1 N–H and O–H groups in total. The van der Waals surface area contributed by atoms with Crippen molar-refractivity contribution in [3.63, 3.8) is 0 Å².